The third-order valence-electron chi connectivity index (χ3n) is 14.9. The molecule has 0 bridgehead atoms. The lowest BCUT2D eigenvalue weighted by Crippen LogP contribution is -2.66. The molecule has 0 spiro atoms. The number of hydrogen-bond donors (Lipinski definition) is 1. The molecule has 0 saturated heterocycles. The second-order valence-electron chi connectivity index (χ2n) is 17.5. The molecule has 4 nitrogen and oxygen atoms in total. The Kier molecular flexibility index (Phi) is 7.04. The molecule has 0 aromatic heterocycles. The van der Waals surface area contributed by atoms with Crippen LogP contribution in [0.4, 0.5) is 0 Å². The summed E-state index contributed by atoms with van der Waals surface area (Å²) in [4.78, 5) is 24.6. The lowest BCUT2D eigenvalue weighted by atomic mass is 9.32. The maximum Gasteiger partial charge on any atom is 0.309 e. The molecule has 5 saturated carbocycles. The summed E-state index contributed by atoms with van der Waals surface area (Å²) >= 11 is 0. The number of carbonyl (C=O) groups is 2. The Morgan fingerprint density at radius 3 is 2.15 bits per heavy atom. The first-order chi connectivity index (χ1) is 18.3. The molecule has 5 rings (SSSR count). The first kappa shape index (κ1) is 30.1. The van der Waals surface area contributed by atoms with Crippen molar-refractivity contribution >= 4 is 11.9 Å². The Labute approximate surface area is 244 Å². The lowest BCUT2D eigenvalue weighted by molar-refractivity contribution is -0.249. The van der Waals surface area contributed by atoms with Crippen LogP contribution in [-0.2, 0) is 14.3 Å². The van der Waals surface area contributed by atoms with Crippen molar-refractivity contribution in [1.29, 1.82) is 0 Å². The largest absolute Gasteiger partial charge is 0.481 e. The Hall–Kier alpha value is -1.32. The van der Waals surface area contributed by atoms with Crippen LogP contribution in [0, 0.1) is 62.1 Å². The van der Waals surface area contributed by atoms with Gasteiger partial charge in [-0.3, -0.25) is 9.59 Å². The average Bonchev–Trinajstić information content (AvgIpc) is 3.19. The van der Waals surface area contributed by atoms with Crippen LogP contribution in [0.25, 0.3) is 0 Å². The van der Waals surface area contributed by atoms with Crippen LogP contribution >= 0.6 is 0 Å². The summed E-state index contributed by atoms with van der Waals surface area (Å²) in [6, 6.07) is 0. The minimum Gasteiger partial charge on any atom is -0.481 e. The van der Waals surface area contributed by atoms with Crippen molar-refractivity contribution in [2.45, 2.75) is 139 Å². The van der Waals surface area contributed by atoms with Crippen LogP contribution in [0.5, 0.6) is 0 Å². The van der Waals surface area contributed by atoms with Gasteiger partial charge in [0.15, 0.2) is 0 Å². The van der Waals surface area contributed by atoms with Crippen molar-refractivity contribution in [3.05, 3.63) is 12.2 Å². The Bertz CT molecular complexity index is 1070. The van der Waals surface area contributed by atoms with Gasteiger partial charge in [-0.05, 0) is 136 Å². The summed E-state index contributed by atoms with van der Waals surface area (Å²) in [6.07, 6.45) is 12.3. The van der Waals surface area contributed by atoms with Crippen molar-refractivity contribution in [2.75, 3.05) is 0 Å². The van der Waals surface area contributed by atoms with Crippen LogP contribution in [0.1, 0.15) is 133 Å². The van der Waals surface area contributed by atoms with E-state index >= 15 is 0 Å². The maximum absolute atomic E-state index is 12.9. The molecule has 5 aliphatic rings. The van der Waals surface area contributed by atoms with Crippen molar-refractivity contribution < 1.29 is 19.4 Å². The molecule has 0 aliphatic heterocycles. The number of hydrogen-bond acceptors (Lipinski definition) is 3. The normalized spacial score (nSPS) is 47.7. The van der Waals surface area contributed by atoms with Gasteiger partial charge < -0.3 is 9.84 Å². The fourth-order valence-electron chi connectivity index (χ4n) is 12.3. The highest BCUT2D eigenvalue weighted by Crippen LogP contribution is 2.77. The molecule has 0 unspecified atom stereocenters. The first-order valence-corrected chi connectivity index (χ1v) is 16.4. The zero-order chi connectivity index (χ0) is 29.7. The van der Waals surface area contributed by atoms with Crippen molar-refractivity contribution in [1.82, 2.24) is 0 Å². The zero-order valence-electron chi connectivity index (χ0n) is 27.1. The van der Waals surface area contributed by atoms with E-state index in [0.717, 1.165) is 24.7 Å². The van der Waals surface area contributed by atoms with Crippen molar-refractivity contribution in [3.63, 3.8) is 0 Å². The van der Waals surface area contributed by atoms with Crippen LogP contribution in [-0.4, -0.2) is 23.1 Å². The molecule has 10 atom stereocenters. The molecule has 0 amide bonds. The number of carbonyl (C=O) groups excluding carboxylic acids is 1. The van der Waals surface area contributed by atoms with Crippen LogP contribution in [0.15, 0.2) is 12.2 Å². The van der Waals surface area contributed by atoms with Crippen LogP contribution < -0.4 is 0 Å². The number of fused-ring (bicyclic) bond motifs is 7. The highest BCUT2D eigenvalue weighted by atomic mass is 16.5. The molecule has 226 valence electrons. The standard InChI is InChI=1S/C36H58O4/c1-22(2)23-13-16-33(7)19-20-35(9)24(29(23)33)11-12-26-34(8)17-15-27(40-28(37)21-31(3,4)30(38)39)32(5,6)25(34)14-18-36(26,35)10/h23-27,29H,1,11-21H2,2-10H3,(H,38,39)/t23-,24-,25+,26-,27+,29-,33-,34+,35-,36-/m1/s1. The topological polar surface area (TPSA) is 63.6 Å². The number of carboxylic acids is 1. The molecular formula is C36H58O4. The van der Waals surface area contributed by atoms with Crippen molar-refractivity contribution in [3.8, 4) is 0 Å². The number of aliphatic carboxylic acids is 1. The number of esters is 1. The van der Waals surface area contributed by atoms with E-state index in [1.165, 1.54) is 56.9 Å². The molecule has 0 aromatic carbocycles. The monoisotopic (exact) mass is 554 g/mol. The molecular weight excluding hydrogens is 496 g/mol. The van der Waals surface area contributed by atoms with Gasteiger partial charge in [0, 0.05) is 5.41 Å². The first-order valence-electron chi connectivity index (χ1n) is 16.4. The van der Waals surface area contributed by atoms with Gasteiger partial charge in [-0.1, -0.05) is 53.7 Å². The fraction of sp³-hybridized carbons (Fsp3) is 0.889. The Morgan fingerprint density at radius 1 is 0.850 bits per heavy atom. The predicted molar refractivity (Wildman–Crippen MR) is 161 cm³/mol. The highest BCUT2D eigenvalue weighted by Gasteiger charge is 2.70. The minimum absolute atomic E-state index is 0.0808. The summed E-state index contributed by atoms with van der Waals surface area (Å²) in [5.74, 6) is 2.14. The third kappa shape index (κ3) is 4.10. The Morgan fingerprint density at radius 2 is 1.52 bits per heavy atom. The van der Waals surface area contributed by atoms with E-state index in [4.69, 9.17) is 4.74 Å². The second kappa shape index (κ2) is 9.34. The third-order valence-corrected chi connectivity index (χ3v) is 14.9. The second-order valence-corrected chi connectivity index (χ2v) is 17.5. The van der Waals surface area contributed by atoms with E-state index in [-0.39, 0.29) is 29.3 Å². The molecule has 40 heavy (non-hydrogen) atoms. The van der Waals surface area contributed by atoms with Gasteiger partial charge in [0.05, 0.1) is 11.8 Å². The van der Waals surface area contributed by atoms with Gasteiger partial charge in [-0.15, -0.1) is 0 Å². The number of ether oxygens (including phenoxy) is 1. The highest BCUT2D eigenvalue weighted by molar-refractivity contribution is 5.81. The summed E-state index contributed by atoms with van der Waals surface area (Å²) < 4.78 is 6.14. The van der Waals surface area contributed by atoms with Gasteiger partial charge >= 0.3 is 11.9 Å². The van der Waals surface area contributed by atoms with Crippen LogP contribution in [0.2, 0.25) is 0 Å². The number of allylic oxidation sites excluding steroid dienone is 1. The summed E-state index contributed by atoms with van der Waals surface area (Å²) in [6.45, 7) is 25.2. The van der Waals surface area contributed by atoms with Gasteiger partial charge in [0.25, 0.3) is 0 Å². The quantitative estimate of drug-likeness (QED) is 0.272. The van der Waals surface area contributed by atoms with E-state index in [0.29, 0.717) is 34.0 Å². The summed E-state index contributed by atoms with van der Waals surface area (Å²) in [5, 5.41) is 9.52. The van der Waals surface area contributed by atoms with Crippen LogP contribution in [0.3, 0.4) is 0 Å². The zero-order valence-corrected chi connectivity index (χ0v) is 27.1. The molecule has 0 heterocycles. The van der Waals surface area contributed by atoms with E-state index in [9.17, 15) is 14.7 Å². The smallest absolute Gasteiger partial charge is 0.309 e. The van der Waals surface area contributed by atoms with E-state index in [1.807, 2.05) is 0 Å². The van der Waals surface area contributed by atoms with Gasteiger partial charge in [-0.25, -0.2) is 0 Å². The molecule has 0 radical (unpaired) electrons. The predicted octanol–water partition coefficient (Wildman–Crippen LogP) is 9.08. The SMILES string of the molecule is C=C(C)[C@H]1CC[C@]2(C)CC[C@]3(C)[C@H](CC[C@@H]4[C@@]5(C)CC[C@H](OC(=O)CC(C)(C)C(=O)O)C(C)(C)[C@@H]5CC[C@]43C)[C@@H]12. The fourth-order valence-corrected chi connectivity index (χ4v) is 12.3. The van der Waals surface area contributed by atoms with Gasteiger partial charge in [0.2, 0.25) is 0 Å². The molecule has 4 heteroatoms. The molecule has 0 aromatic rings. The van der Waals surface area contributed by atoms with Crippen molar-refractivity contribution in [2.24, 2.45) is 62.1 Å². The molecule has 5 aliphatic carbocycles. The number of carboxylic acid groups (broad SMARTS) is 1. The average molecular weight is 555 g/mol. The van der Waals surface area contributed by atoms with E-state index in [2.05, 4.69) is 55.0 Å². The van der Waals surface area contributed by atoms with E-state index < -0.39 is 11.4 Å². The molecule has 1 N–H and O–H groups in total. The van der Waals surface area contributed by atoms with Gasteiger partial charge in [-0.2, -0.15) is 0 Å². The summed E-state index contributed by atoms with van der Waals surface area (Å²) in [7, 11) is 0. The van der Waals surface area contributed by atoms with Gasteiger partial charge in [0.1, 0.15) is 6.10 Å². The molecule has 5 fully saturated rings. The lowest BCUT2D eigenvalue weighted by Gasteiger charge is -2.73. The minimum atomic E-state index is -1.11. The maximum atomic E-state index is 12.9. The Balaban J connectivity index is 1.40. The van der Waals surface area contributed by atoms with E-state index in [1.54, 1.807) is 13.8 Å². The number of rotatable bonds is 5. The summed E-state index contributed by atoms with van der Waals surface area (Å²) in [5.41, 5.74) is 1.59.